The van der Waals surface area contributed by atoms with Crippen LogP contribution in [0.2, 0.25) is 0 Å². The third kappa shape index (κ3) is 21.2. The molecule has 3 unspecified atom stereocenters. The van der Waals surface area contributed by atoms with Crippen molar-refractivity contribution in [1.29, 1.82) is 0 Å². The van der Waals surface area contributed by atoms with Gasteiger partial charge in [-0.15, -0.1) is 0 Å². The van der Waals surface area contributed by atoms with Gasteiger partial charge in [0.25, 0.3) is 5.91 Å². The van der Waals surface area contributed by atoms with Crippen molar-refractivity contribution in [1.82, 2.24) is 36.8 Å². The Morgan fingerprint density at radius 2 is 1.42 bits per heavy atom. The van der Waals surface area contributed by atoms with E-state index in [2.05, 4.69) is 43.5 Å². The number of esters is 1. The number of carbonyl (C=O) groups excluding carboxylic acids is 8. The zero-order valence-electron chi connectivity index (χ0n) is 43.8. The molecule has 23 heteroatoms. The van der Waals surface area contributed by atoms with Crippen molar-refractivity contribution in [3.63, 3.8) is 0 Å². The fraction of sp³-hybridized carbons (Fsp3) is 0.549. The van der Waals surface area contributed by atoms with Gasteiger partial charge >= 0.3 is 17.9 Å². The molecule has 1 aliphatic rings. The molecule has 1 aromatic carbocycles. The van der Waals surface area contributed by atoms with E-state index in [1.54, 1.807) is 26.8 Å². The number of carboxylic acids is 2. The molecule has 0 bridgehead atoms. The number of nitrogens with one attached hydrogen (secondary N) is 6. The number of rotatable bonds is 16. The quantitative estimate of drug-likeness (QED) is 0.0275. The Labute approximate surface area is 432 Å². The number of hydrogen-bond donors (Lipinski definition) is 10. The van der Waals surface area contributed by atoms with Gasteiger partial charge in [0, 0.05) is 39.3 Å². The predicted octanol–water partition coefficient (Wildman–Crippen LogP) is 0.925. The van der Waals surface area contributed by atoms with E-state index in [4.69, 9.17) is 16.2 Å². The number of nitrogens with two attached hydrogens (primary N) is 2. The van der Waals surface area contributed by atoms with E-state index in [1.165, 1.54) is 40.8 Å². The summed E-state index contributed by atoms with van der Waals surface area (Å²) in [6.07, 6.45) is 4.29. The van der Waals surface area contributed by atoms with E-state index < -0.39 is 132 Å². The van der Waals surface area contributed by atoms with Gasteiger partial charge in [-0.3, -0.25) is 43.3 Å². The highest BCUT2D eigenvalue weighted by Crippen LogP contribution is 2.20. The average Bonchev–Trinajstić information content (AvgIpc) is 3.32. The largest absolute Gasteiger partial charge is 0.480 e. The van der Waals surface area contributed by atoms with Crippen molar-refractivity contribution < 1.29 is 62.9 Å². The average molecular weight is 1040 g/mol. The Balaban J connectivity index is 2.76. The number of allylic oxidation sites excluding steroid dienone is 2. The van der Waals surface area contributed by atoms with Crippen LogP contribution in [0.3, 0.4) is 0 Å². The van der Waals surface area contributed by atoms with Crippen LogP contribution in [0.1, 0.15) is 99.5 Å². The summed E-state index contributed by atoms with van der Waals surface area (Å²) in [6.45, 7) is 16.1. The van der Waals surface area contributed by atoms with Crippen LogP contribution < -0.4 is 43.4 Å². The van der Waals surface area contributed by atoms with Crippen molar-refractivity contribution in [2.45, 2.75) is 143 Å². The number of amides is 7. The molecule has 7 amide bonds. The van der Waals surface area contributed by atoms with Gasteiger partial charge in [0.05, 0.1) is 17.9 Å². The minimum atomic E-state index is -1.89. The molecule has 0 radical (unpaired) electrons. The molecule has 1 heterocycles. The highest BCUT2D eigenvalue weighted by atomic mass is 16.5. The number of likely N-dealkylation sites (N-methyl/N-ethyl adjacent to an activating group) is 1. The summed E-state index contributed by atoms with van der Waals surface area (Å²) in [5.74, 6) is -13.4. The summed E-state index contributed by atoms with van der Waals surface area (Å²) in [6, 6.07) is 0.529. The van der Waals surface area contributed by atoms with Crippen LogP contribution >= 0.6 is 0 Å². The van der Waals surface area contributed by atoms with Crippen molar-refractivity contribution in [3.8, 4) is 0 Å². The molecule has 74 heavy (non-hydrogen) atoms. The van der Waals surface area contributed by atoms with Crippen LogP contribution in [0, 0.1) is 23.7 Å². The molecule has 0 spiro atoms. The monoisotopic (exact) mass is 1040 g/mol. The fourth-order valence-corrected chi connectivity index (χ4v) is 7.69. The van der Waals surface area contributed by atoms with Gasteiger partial charge in [0.15, 0.2) is 5.96 Å². The van der Waals surface area contributed by atoms with E-state index in [-0.39, 0.29) is 43.6 Å². The normalized spacial score (nSPS) is 24.7. The minimum absolute atomic E-state index is 0.00265. The Kier molecular flexibility index (Phi) is 25.7. The van der Waals surface area contributed by atoms with Crippen LogP contribution in [-0.2, 0) is 59.1 Å². The second kappa shape index (κ2) is 30.4. The van der Waals surface area contributed by atoms with E-state index >= 15 is 0 Å². The van der Waals surface area contributed by atoms with Gasteiger partial charge in [-0.05, 0) is 57.4 Å². The van der Waals surface area contributed by atoms with Crippen LogP contribution in [0.25, 0.3) is 0 Å². The molecule has 2 rings (SSSR count). The Hall–Kier alpha value is -7.59. The number of unbranched alkanes of at least 4 members (excludes halogenated alkanes) is 1. The zero-order chi connectivity index (χ0) is 56.0. The number of aliphatic carboxylic acids is 2. The molecule has 0 aromatic heterocycles. The van der Waals surface area contributed by atoms with Gasteiger partial charge < -0.3 is 63.2 Å². The van der Waals surface area contributed by atoms with Gasteiger partial charge in [-0.1, -0.05) is 95.3 Å². The molecule has 0 saturated carbocycles. The van der Waals surface area contributed by atoms with Gasteiger partial charge in [-0.25, -0.2) is 9.59 Å². The number of ether oxygens (including phenoxy) is 1. The first-order valence-corrected chi connectivity index (χ1v) is 24.5. The molecule has 1 saturated heterocycles. The summed E-state index contributed by atoms with van der Waals surface area (Å²) >= 11 is 0. The van der Waals surface area contributed by atoms with E-state index in [0.29, 0.717) is 18.4 Å². The maximum Gasteiger partial charge on any atom is 0.327 e. The minimum Gasteiger partial charge on any atom is -0.480 e. The highest BCUT2D eigenvalue weighted by molar-refractivity contribution is 6.00. The lowest BCUT2D eigenvalue weighted by atomic mass is 9.94. The molecule has 10 atom stereocenters. The molecule has 23 nitrogen and oxygen atoms in total. The maximum absolute atomic E-state index is 14.5. The molecule has 1 aromatic rings. The lowest BCUT2D eigenvalue weighted by Gasteiger charge is -2.28. The lowest BCUT2D eigenvalue weighted by molar-refractivity contribution is -0.148. The fourth-order valence-electron chi connectivity index (χ4n) is 7.69. The van der Waals surface area contributed by atoms with E-state index in [1.807, 2.05) is 43.3 Å². The van der Waals surface area contributed by atoms with Crippen molar-refractivity contribution in [2.75, 3.05) is 13.6 Å². The van der Waals surface area contributed by atoms with Gasteiger partial charge in [-0.2, -0.15) is 0 Å². The summed E-state index contributed by atoms with van der Waals surface area (Å²) in [7, 11) is 1.20. The number of hydrogen-bond acceptors (Lipinski definition) is 12. The number of aliphatic imine (C=N–C) groups is 1. The topological polar surface area (TPSA) is 360 Å². The predicted molar refractivity (Wildman–Crippen MR) is 274 cm³/mol. The summed E-state index contributed by atoms with van der Waals surface area (Å²) in [5, 5.41) is 35.6. The second-order valence-electron chi connectivity index (χ2n) is 19.0. The number of carboxylic acid groups (broad SMARTS) is 2. The van der Waals surface area contributed by atoms with E-state index in [9.17, 15) is 58.2 Å². The van der Waals surface area contributed by atoms with Crippen molar-refractivity contribution in [2.24, 2.45) is 40.1 Å². The third-order valence-electron chi connectivity index (χ3n) is 12.2. The summed E-state index contributed by atoms with van der Waals surface area (Å²) < 4.78 is 5.68. The van der Waals surface area contributed by atoms with Crippen LogP contribution in [0.4, 0.5) is 0 Å². The first kappa shape index (κ1) is 62.5. The smallest absolute Gasteiger partial charge is 0.327 e. The zero-order valence-corrected chi connectivity index (χ0v) is 43.8. The standard InChI is InChI=1S/C51H76N10O13/c1-27(2)24-39-48(69)60-42(50(72)73)31(6)44(65)57-37(18-14-15-23-54-51(52)53)47(68)56-36(20-19-28(3)25-29(4)40(74-34(9)62)26-35-16-12-11-13-17-35)30(5)43(64)58-38(49(70)71)21-22-41(63)61(10)33(8)46(67)55-32(7)45(66)59-39/h11-13,16-17,19-20,25,27,29-32,36-40,42H,8,14-15,18,21-24,26H2,1-7,9-10H3,(H,55,67)(H,56,68)(H,57,65)(H,58,64)(H,59,66)(H,60,69)(H,70,71)(H,72,73)(H4,52,53,54)/b20-19+,28-25+/t29-,30-,31-,32+,36-,37?,38+,39?,40-,42?/m0/s1. The lowest BCUT2D eigenvalue weighted by Crippen LogP contribution is -2.59. The molecule has 1 fully saturated rings. The molecular formula is C51H76N10O13. The van der Waals surface area contributed by atoms with Crippen LogP contribution in [0.15, 0.2) is 71.4 Å². The molecule has 0 aliphatic carbocycles. The van der Waals surface area contributed by atoms with Gasteiger partial charge in [0.2, 0.25) is 35.4 Å². The maximum atomic E-state index is 14.5. The number of nitrogens with zero attached hydrogens (tertiary/aromatic N) is 2. The van der Waals surface area contributed by atoms with Crippen molar-refractivity contribution >= 4 is 65.2 Å². The first-order chi connectivity index (χ1) is 34.6. The Morgan fingerprint density at radius 1 is 0.811 bits per heavy atom. The Morgan fingerprint density at radius 3 is 2.00 bits per heavy atom. The molecule has 12 N–H and O–H groups in total. The summed E-state index contributed by atoms with van der Waals surface area (Å²) in [5.41, 5.74) is 12.1. The number of benzene rings is 1. The second-order valence-corrected chi connectivity index (χ2v) is 19.0. The van der Waals surface area contributed by atoms with Crippen LogP contribution in [-0.4, -0.2) is 136 Å². The number of carbonyl (C=O) groups is 10. The summed E-state index contributed by atoms with van der Waals surface area (Å²) in [4.78, 5) is 138. The first-order valence-electron chi connectivity index (χ1n) is 24.5. The molecule has 1 aliphatic heterocycles. The molecule has 408 valence electrons. The molecular weight excluding hydrogens is 961 g/mol. The van der Waals surface area contributed by atoms with E-state index in [0.717, 1.165) is 10.5 Å². The highest BCUT2D eigenvalue weighted by Gasteiger charge is 2.37. The SMILES string of the molecule is C=C1C(=O)N[C@H](C)C(=O)NC(CC(C)C)C(=O)NC(C(=O)O)[C@H](C)C(=O)NC(CCCCN=C(N)N)C(=O)N[C@@H](/C=C/C(C)=C/[C@H](C)[C@H](Cc2ccccc2)OC(C)=O)[C@H](C)C(=O)N[C@@H](C(=O)O)CCC(=O)N1C. The van der Waals surface area contributed by atoms with Crippen LogP contribution in [0.5, 0.6) is 0 Å². The number of guanidine groups is 1. The Bertz CT molecular complexity index is 2280. The third-order valence-corrected chi connectivity index (χ3v) is 12.2. The van der Waals surface area contributed by atoms with Gasteiger partial charge in [0.1, 0.15) is 42.0 Å². The van der Waals surface area contributed by atoms with Crippen molar-refractivity contribution in [3.05, 3.63) is 72.0 Å².